The maximum absolute atomic E-state index is 14.0. The van der Waals surface area contributed by atoms with Crippen molar-refractivity contribution in [3.05, 3.63) is 107 Å². The molecule has 3 rings (SSSR count). The van der Waals surface area contributed by atoms with E-state index >= 15 is 0 Å². The van der Waals surface area contributed by atoms with E-state index in [9.17, 15) is 23.5 Å². The molecule has 6 nitrogen and oxygen atoms in total. The molecule has 3 aromatic carbocycles. The Labute approximate surface area is 229 Å². The van der Waals surface area contributed by atoms with Crippen molar-refractivity contribution in [3.8, 4) is 0 Å². The summed E-state index contributed by atoms with van der Waals surface area (Å²) in [7, 11) is 0. The van der Waals surface area contributed by atoms with Crippen molar-refractivity contribution in [2.24, 2.45) is 0 Å². The second-order valence-electron chi connectivity index (χ2n) is 9.55. The van der Waals surface area contributed by atoms with Crippen LogP contribution in [0.2, 0.25) is 0 Å². The Balaban J connectivity index is 1.72. The molecule has 0 radical (unpaired) electrons. The summed E-state index contributed by atoms with van der Waals surface area (Å²) in [6.07, 6.45) is 0.999. The van der Waals surface area contributed by atoms with Crippen molar-refractivity contribution in [3.63, 3.8) is 0 Å². The first-order chi connectivity index (χ1) is 18.8. The minimum Gasteiger partial charge on any atom is -0.390 e. The third-order valence-electron chi connectivity index (χ3n) is 6.43. The molecule has 39 heavy (non-hydrogen) atoms. The number of hydrogen-bond donors (Lipinski definition) is 3. The summed E-state index contributed by atoms with van der Waals surface area (Å²) in [5, 5.41) is 16.9. The molecular formula is C31H37F2N3O3. The monoisotopic (exact) mass is 537 g/mol. The Morgan fingerprint density at radius 2 is 1.56 bits per heavy atom. The van der Waals surface area contributed by atoms with E-state index in [0.717, 1.165) is 24.5 Å². The molecule has 2 amide bonds. The van der Waals surface area contributed by atoms with Crippen LogP contribution in [0.15, 0.2) is 72.8 Å². The van der Waals surface area contributed by atoms with E-state index in [1.165, 1.54) is 12.1 Å². The van der Waals surface area contributed by atoms with Gasteiger partial charge in [0.05, 0.1) is 12.1 Å². The van der Waals surface area contributed by atoms with E-state index in [2.05, 4.69) is 10.6 Å². The van der Waals surface area contributed by atoms with Crippen molar-refractivity contribution in [2.45, 2.75) is 51.8 Å². The van der Waals surface area contributed by atoms with Gasteiger partial charge in [0.1, 0.15) is 0 Å². The first-order valence-corrected chi connectivity index (χ1v) is 13.4. The average molecular weight is 538 g/mol. The van der Waals surface area contributed by atoms with E-state index in [1.54, 1.807) is 29.2 Å². The first kappa shape index (κ1) is 29.9. The van der Waals surface area contributed by atoms with Crippen LogP contribution in [0.25, 0.3) is 0 Å². The van der Waals surface area contributed by atoms with Crippen LogP contribution in [0.5, 0.6) is 0 Å². The third kappa shape index (κ3) is 8.70. The molecule has 0 aliphatic heterocycles. The minimum absolute atomic E-state index is 0.0167. The van der Waals surface area contributed by atoms with Gasteiger partial charge >= 0.3 is 0 Å². The van der Waals surface area contributed by atoms with Crippen molar-refractivity contribution in [2.75, 3.05) is 19.6 Å². The molecule has 0 aliphatic rings. The smallest absolute Gasteiger partial charge is 0.253 e. The predicted octanol–water partition coefficient (Wildman–Crippen LogP) is 4.72. The molecular weight excluding hydrogens is 500 g/mol. The largest absolute Gasteiger partial charge is 0.390 e. The molecule has 0 aromatic heterocycles. The van der Waals surface area contributed by atoms with Crippen LogP contribution in [-0.4, -0.2) is 53.6 Å². The van der Waals surface area contributed by atoms with Gasteiger partial charge in [-0.25, -0.2) is 8.78 Å². The highest BCUT2D eigenvalue weighted by atomic mass is 19.2. The molecule has 0 spiro atoms. The summed E-state index contributed by atoms with van der Waals surface area (Å²) < 4.78 is 27.5. The normalized spacial score (nSPS) is 12.5. The zero-order valence-corrected chi connectivity index (χ0v) is 22.5. The van der Waals surface area contributed by atoms with E-state index in [4.69, 9.17) is 0 Å². The molecule has 0 heterocycles. The zero-order valence-electron chi connectivity index (χ0n) is 22.5. The summed E-state index contributed by atoms with van der Waals surface area (Å²) in [4.78, 5) is 28.1. The van der Waals surface area contributed by atoms with Crippen molar-refractivity contribution in [1.82, 2.24) is 15.5 Å². The van der Waals surface area contributed by atoms with E-state index in [1.807, 2.05) is 44.2 Å². The Kier molecular flexibility index (Phi) is 11.6. The molecule has 3 aromatic rings. The SMILES string of the molecule is CCCN(CCC)C(=O)c1cccc(C(=O)N[C@@H](Cc2ccccc2)[C@H](O)CNCc2cccc(F)c2F)c1. The quantitative estimate of drug-likeness (QED) is 0.278. The number of carbonyl (C=O) groups is 2. The van der Waals surface area contributed by atoms with Gasteiger partial charge < -0.3 is 20.6 Å². The van der Waals surface area contributed by atoms with E-state index in [-0.39, 0.29) is 24.6 Å². The average Bonchev–Trinajstić information content (AvgIpc) is 2.95. The summed E-state index contributed by atoms with van der Waals surface area (Å²) in [6.45, 7) is 5.36. The Morgan fingerprint density at radius 3 is 2.26 bits per heavy atom. The van der Waals surface area contributed by atoms with E-state index < -0.39 is 29.7 Å². The lowest BCUT2D eigenvalue weighted by molar-refractivity contribution is 0.0755. The number of nitrogens with one attached hydrogen (secondary N) is 2. The van der Waals surface area contributed by atoms with Crippen molar-refractivity contribution >= 4 is 11.8 Å². The standard InChI is InChI=1S/C31H37F2N3O3/c1-3-16-36(17-4-2)31(39)24-13-8-12-23(19-24)30(38)35-27(18-22-10-6-5-7-11-22)28(37)21-34-20-25-14-9-15-26(32)29(25)33/h5-15,19,27-28,34,37H,3-4,16-18,20-21H2,1-2H3,(H,35,38)/t27-,28+/m0/s1. The van der Waals surface area contributed by atoms with Crippen LogP contribution in [0.4, 0.5) is 8.78 Å². The zero-order chi connectivity index (χ0) is 28.2. The van der Waals surface area contributed by atoms with Crippen LogP contribution >= 0.6 is 0 Å². The van der Waals surface area contributed by atoms with Gasteiger partial charge in [0.2, 0.25) is 0 Å². The van der Waals surface area contributed by atoms with Gasteiger partial charge in [-0.2, -0.15) is 0 Å². The lowest BCUT2D eigenvalue weighted by atomic mass is 10.00. The van der Waals surface area contributed by atoms with Gasteiger partial charge in [-0.1, -0.05) is 62.4 Å². The fourth-order valence-electron chi connectivity index (χ4n) is 4.42. The molecule has 208 valence electrons. The molecule has 3 N–H and O–H groups in total. The maximum atomic E-state index is 14.0. The lowest BCUT2D eigenvalue weighted by Gasteiger charge is -2.25. The van der Waals surface area contributed by atoms with Crippen molar-refractivity contribution in [1.29, 1.82) is 0 Å². The summed E-state index contributed by atoms with van der Waals surface area (Å²) in [5.41, 5.74) is 1.81. The van der Waals surface area contributed by atoms with Gasteiger partial charge in [0.15, 0.2) is 11.6 Å². The number of halogens is 2. The van der Waals surface area contributed by atoms with Crippen molar-refractivity contribution < 1.29 is 23.5 Å². The second kappa shape index (κ2) is 15.1. The summed E-state index contributed by atoms with van der Waals surface area (Å²) in [5.74, 6) is -2.40. The Bertz CT molecular complexity index is 1220. The van der Waals surface area contributed by atoms with Gasteiger partial charge in [-0.3, -0.25) is 9.59 Å². The van der Waals surface area contributed by atoms with Gasteiger partial charge in [0.25, 0.3) is 11.8 Å². The van der Waals surface area contributed by atoms with Crippen LogP contribution in [0.1, 0.15) is 58.5 Å². The molecule has 2 atom stereocenters. The Morgan fingerprint density at radius 1 is 0.897 bits per heavy atom. The Hall–Kier alpha value is -3.62. The van der Waals surface area contributed by atoms with Crippen LogP contribution < -0.4 is 10.6 Å². The fourth-order valence-corrected chi connectivity index (χ4v) is 4.42. The molecule has 0 aliphatic carbocycles. The number of benzene rings is 3. The number of amides is 2. The molecule has 0 saturated carbocycles. The predicted molar refractivity (Wildman–Crippen MR) is 148 cm³/mol. The first-order valence-electron chi connectivity index (χ1n) is 13.4. The van der Waals surface area contributed by atoms with Gasteiger partial charge in [-0.05, 0) is 49.1 Å². The number of nitrogens with zero attached hydrogens (tertiary/aromatic N) is 1. The molecule has 0 bridgehead atoms. The number of carbonyl (C=O) groups excluding carboxylic acids is 2. The van der Waals surface area contributed by atoms with E-state index in [0.29, 0.717) is 30.6 Å². The number of hydrogen-bond acceptors (Lipinski definition) is 4. The minimum atomic E-state index is -1.03. The highest BCUT2D eigenvalue weighted by Crippen LogP contribution is 2.14. The summed E-state index contributed by atoms with van der Waals surface area (Å²) in [6, 6.07) is 19.3. The fraction of sp³-hybridized carbons (Fsp3) is 0.355. The molecule has 0 unspecified atom stereocenters. The number of aliphatic hydroxyl groups is 1. The summed E-state index contributed by atoms with van der Waals surface area (Å²) >= 11 is 0. The second-order valence-corrected chi connectivity index (χ2v) is 9.55. The van der Waals surface area contributed by atoms with Crippen LogP contribution in [0.3, 0.4) is 0 Å². The lowest BCUT2D eigenvalue weighted by Crippen LogP contribution is -2.48. The van der Waals surface area contributed by atoms with Gasteiger partial charge in [0, 0.05) is 42.9 Å². The number of aliphatic hydroxyl groups excluding tert-OH is 1. The van der Waals surface area contributed by atoms with Crippen LogP contribution in [0, 0.1) is 11.6 Å². The topological polar surface area (TPSA) is 81.7 Å². The van der Waals surface area contributed by atoms with Crippen LogP contribution in [-0.2, 0) is 13.0 Å². The number of rotatable bonds is 14. The third-order valence-corrected chi connectivity index (χ3v) is 6.43. The maximum Gasteiger partial charge on any atom is 0.253 e. The highest BCUT2D eigenvalue weighted by Gasteiger charge is 2.23. The highest BCUT2D eigenvalue weighted by molar-refractivity contribution is 5.99. The van der Waals surface area contributed by atoms with Gasteiger partial charge in [-0.15, -0.1) is 0 Å². The molecule has 8 heteroatoms. The molecule has 0 saturated heterocycles. The molecule has 0 fully saturated rings.